The monoisotopic (exact) mass is 576 g/mol. The summed E-state index contributed by atoms with van der Waals surface area (Å²) in [5.74, 6) is -1.69. The first-order chi connectivity index (χ1) is 17.9. The van der Waals surface area contributed by atoms with Gasteiger partial charge in [-0.1, -0.05) is 39.8 Å². The zero-order valence-corrected chi connectivity index (χ0v) is 23.8. The van der Waals surface area contributed by atoms with E-state index in [4.69, 9.17) is 10.3 Å². The highest BCUT2D eigenvalue weighted by Crippen LogP contribution is 2.69. The molecular weight excluding hydrogens is 544 g/mol. The second-order valence-corrected chi connectivity index (χ2v) is 14.3. The molecule has 1 saturated carbocycles. The minimum absolute atomic E-state index is 0.0404. The molecule has 2 aromatic rings. The number of rotatable bonds is 8. The smallest absolute Gasteiger partial charge is 0.257 e. The molecule has 39 heavy (non-hydrogen) atoms. The van der Waals surface area contributed by atoms with E-state index in [9.17, 15) is 31.2 Å². The minimum atomic E-state index is -3.96. The van der Waals surface area contributed by atoms with Crippen molar-refractivity contribution in [2.24, 2.45) is 27.0 Å². The van der Waals surface area contributed by atoms with E-state index in [0.29, 0.717) is 6.42 Å². The third kappa shape index (κ3) is 5.23. The summed E-state index contributed by atoms with van der Waals surface area (Å²) >= 11 is 0. The van der Waals surface area contributed by atoms with Crippen LogP contribution in [0.1, 0.15) is 39.7 Å². The molecular formula is C26H32N4O7S2. The fourth-order valence-electron chi connectivity index (χ4n) is 5.41. The average Bonchev–Trinajstić information content (AvgIpc) is 3.06. The number of carbonyl (C=O) groups excluding carboxylic acids is 3. The summed E-state index contributed by atoms with van der Waals surface area (Å²) in [5, 5.41) is 10.3. The Morgan fingerprint density at radius 2 is 1.33 bits per heavy atom. The van der Waals surface area contributed by atoms with E-state index in [0.717, 1.165) is 10.5 Å². The molecule has 2 aromatic carbocycles. The van der Waals surface area contributed by atoms with Gasteiger partial charge >= 0.3 is 0 Å². The lowest BCUT2D eigenvalue weighted by atomic mass is 10.0. The molecule has 0 aromatic heterocycles. The molecule has 0 radical (unpaired) electrons. The molecule has 210 valence electrons. The molecule has 1 heterocycles. The number of hydrogen-bond acceptors (Lipinski definition) is 7. The van der Waals surface area contributed by atoms with Crippen molar-refractivity contribution in [1.82, 2.24) is 4.90 Å². The highest BCUT2D eigenvalue weighted by Gasteiger charge is 2.69. The molecule has 1 aliphatic carbocycles. The first-order valence-electron chi connectivity index (χ1n) is 12.3. The summed E-state index contributed by atoms with van der Waals surface area (Å²) in [5.41, 5.74) is 0.280. The van der Waals surface area contributed by atoms with Crippen molar-refractivity contribution in [3.05, 3.63) is 54.1 Å². The molecule has 0 spiro atoms. The lowest BCUT2D eigenvalue weighted by Gasteiger charge is -2.29. The molecule has 1 unspecified atom stereocenters. The standard InChI is InChI=1S/C26H32N4O7S2/c1-25(2)22(26(25,3)4)24(33)29(14-13-16-5-9-18(10-6-16)38(27,34)35)20-15-21(31)30(23(20)32)17-7-11-19(12-8-17)39(28,36)37/h5-12,20,22H,13-15H2,1-4H3,(H2,27,34,35)(H2,28,36,37). The van der Waals surface area contributed by atoms with Gasteiger partial charge in [0.15, 0.2) is 0 Å². The van der Waals surface area contributed by atoms with E-state index in [1.807, 2.05) is 27.7 Å². The SMILES string of the molecule is CC1(C)C(C(=O)N(CCc2ccc(S(N)(=O)=O)cc2)C2CC(=O)N(c3ccc(S(N)(=O)=O)cc3)C2=O)C1(C)C. The number of amides is 3. The number of benzene rings is 2. The maximum absolute atomic E-state index is 13.8. The van der Waals surface area contributed by atoms with Crippen molar-refractivity contribution < 1.29 is 31.2 Å². The Bertz CT molecular complexity index is 1530. The van der Waals surface area contributed by atoms with Crippen molar-refractivity contribution in [3.8, 4) is 0 Å². The van der Waals surface area contributed by atoms with Gasteiger partial charge in [-0.05, 0) is 59.2 Å². The van der Waals surface area contributed by atoms with E-state index < -0.39 is 37.9 Å². The Hall–Kier alpha value is -3.13. The summed E-state index contributed by atoms with van der Waals surface area (Å²) < 4.78 is 46.3. The fourth-order valence-corrected chi connectivity index (χ4v) is 6.44. The summed E-state index contributed by atoms with van der Waals surface area (Å²) in [6.07, 6.45) is 0.0880. The summed E-state index contributed by atoms with van der Waals surface area (Å²) in [6, 6.07) is 9.96. The van der Waals surface area contributed by atoms with Crippen LogP contribution >= 0.6 is 0 Å². The zero-order valence-electron chi connectivity index (χ0n) is 22.1. The van der Waals surface area contributed by atoms with E-state index in [1.165, 1.54) is 41.3 Å². The Labute approximate surface area is 228 Å². The summed E-state index contributed by atoms with van der Waals surface area (Å²) in [6.45, 7) is 8.07. The van der Waals surface area contributed by atoms with Gasteiger partial charge in [-0.2, -0.15) is 0 Å². The fraction of sp³-hybridized carbons (Fsp3) is 0.423. The maximum atomic E-state index is 13.8. The number of primary sulfonamides is 2. The second-order valence-electron chi connectivity index (χ2n) is 11.2. The average molecular weight is 577 g/mol. The van der Waals surface area contributed by atoms with Gasteiger partial charge in [-0.15, -0.1) is 0 Å². The summed E-state index contributed by atoms with van der Waals surface area (Å²) in [4.78, 5) is 42.6. The minimum Gasteiger partial charge on any atom is -0.329 e. The molecule has 4 N–H and O–H groups in total. The number of nitrogens with two attached hydrogens (primary N) is 2. The van der Waals surface area contributed by atoms with Gasteiger partial charge in [-0.3, -0.25) is 14.4 Å². The molecule has 1 atom stereocenters. The number of anilines is 1. The third-order valence-corrected chi connectivity index (χ3v) is 10.2. The van der Waals surface area contributed by atoms with E-state index in [-0.39, 0.29) is 51.1 Å². The van der Waals surface area contributed by atoms with E-state index >= 15 is 0 Å². The molecule has 0 bridgehead atoms. The highest BCUT2D eigenvalue weighted by molar-refractivity contribution is 7.89. The van der Waals surface area contributed by atoms with Crippen LogP contribution in [-0.4, -0.2) is 52.0 Å². The molecule has 1 aliphatic heterocycles. The quantitative estimate of drug-likeness (QED) is 0.446. The highest BCUT2D eigenvalue weighted by atomic mass is 32.2. The Balaban J connectivity index is 1.62. The predicted molar refractivity (Wildman–Crippen MR) is 143 cm³/mol. The first-order valence-corrected chi connectivity index (χ1v) is 15.4. The van der Waals surface area contributed by atoms with Crippen LogP contribution in [0.3, 0.4) is 0 Å². The lowest BCUT2D eigenvalue weighted by Crippen LogP contribution is -2.47. The molecule has 4 rings (SSSR count). The van der Waals surface area contributed by atoms with Crippen molar-refractivity contribution in [2.45, 2.75) is 56.4 Å². The topological polar surface area (TPSA) is 178 Å². The van der Waals surface area contributed by atoms with Crippen LogP contribution in [0, 0.1) is 16.7 Å². The first kappa shape index (κ1) is 28.9. The largest absolute Gasteiger partial charge is 0.329 e. The molecule has 1 saturated heterocycles. The van der Waals surface area contributed by atoms with Crippen molar-refractivity contribution in [3.63, 3.8) is 0 Å². The van der Waals surface area contributed by atoms with Gasteiger partial charge in [0, 0.05) is 12.5 Å². The van der Waals surface area contributed by atoms with Gasteiger partial charge in [0.25, 0.3) is 5.91 Å². The summed E-state index contributed by atoms with van der Waals surface area (Å²) in [7, 11) is -7.81. The van der Waals surface area contributed by atoms with Crippen LogP contribution in [-0.2, 0) is 40.9 Å². The third-order valence-electron chi connectivity index (χ3n) is 8.37. The Morgan fingerprint density at radius 3 is 1.77 bits per heavy atom. The number of nitrogens with zero attached hydrogens (tertiary/aromatic N) is 2. The van der Waals surface area contributed by atoms with Crippen LogP contribution in [0.25, 0.3) is 0 Å². The van der Waals surface area contributed by atoms with Crippen LogP contribution < -0.4 is 15.2 Å². The molecule has 3 amide bonds. The molecule has 2 fully saturated rings. The van der Waals surface area contributed by atoms with Gasteiger partial charge in [0.05, 0.1) is 21.9 Å². The molecule has 11 nitrogen and oxygen atoms in total. The number of hydrogen-bond donors (Lipinski definition) is 2. The normalized spacial score (nSPS) is 20.8. The molecule has 13 heteroatoms. The van der Waals surface area contributed by atoms with Crippen molar-refractivity contribution in [1.29, 1.82) is 0 Å². The van der Waals surface area contributed by atoms with Crippen LogP contribution in [0.15, 0.2) is 58.3 Å². The van der Waals surface area contributed by atoms with Crippen LogP contribution in [0.5, 0.6) is 0 Å². The van der Waals surface area contributed by atoms with Gasteiger partial charge in [0.1, 0.15) is 6.04 Å². The number of imide groups is 1. The van der Waals surface area contributed by atoms with Crippen LogP contribution in [0.2, 0.25) is 0 Å². The van der Waals surface area contributed by atoms with Gasteiger partial charge < -0.3 is 4.90 Å². The maximum Gasteiger partial charge on any atom is 0.257 e. The number of carbonyl (C=O) groups is 3. The predicted octanol–water partition coefficient (Wildman–Crippen LogP) is 1.37. The Kier molecular flexibility index (Phi) is 7.04. The lowest BCUT2D eigenvalue weighted by molar-refractivity contribution is -0.140. The molecule has 2 aliphatic rings. The Morgan fingerprint density at radius 1 is 0.872 bits per heavy atom. The van der Waals surface area contributed by atoms with Gasteiger partial charge in [-0.25, -0.2) is 32.0 Å². The number of sulfonamides is 2. The van der Waals surface area contributed by atoms with Gasteiger partial charge in [0.2, 0.25) is 31.9 Å². The van der Waals surface area contributed by atoms with Crippen molar-refractivity contribution >= 4 is 43.5 Å². The van der Waals surface area contributed by atoms with Crippen LogP contribution in [0.4, 0.5) is 5.69 Å². The second kappa shape index (κ2) is 9.51. The van der Waals surface area contributed by atoms with E-state index in [2.05, 4.69) is 0 Å². The van der Waals surface area contributed by atoms with E-state index in [1.54, 1.807) is 12.1 Å². The zero-order chi connectivity index (χ0) is 29.1. The van der Waals surface area contributed by atoms with Crippen molar-refractivity contribution in [2.75, 3.05) is 11.4 Å².